The molecule has 150 valence electrons. The van der Waals surface area contributed by atoms with Gasteiger partial charge >= 0.3 is 0 Å². The number of fused-ring (bicyclic) bond motifs is 1. The number of carbonyl (C=O) groups is 1. The number of piperidine rings is 1. The second-order valence-corrected chi connectivity index (χ2v) is 7.81. The molecule has 1 aromatic heterocycles. The first-order valence-electron chi connectivity index (χ1n) is 10.3. The maximum Gasteiger partial charge on any atom is 0.251 e. The van der Waals surface area contributed by atoms with Crippen molar-refractivity contribution in [2.75, 3.05) is 13.1 Å². The van der Waals surface area contributed by atoms with Gasteiger partial charge in [-0.3, -0.25) is 14.5 Å². The Morgan fingerprint density at radius 2 is 1.76 bits per heavy atom. The standard InChI is InChI=1S/C24H27N3O2/c28-23(11-10-20-16-19-8-4-5-9-22(19)26-24(20)29)25-21-12-14-27(15-13-21)17-18-6-2-1-3-7-18/h1-9,16,21H,10-15,17H2,(H,25,28)(H,26,29). The van der Waals surface area contributed by atoms with Crippen molar-refractivity contribution in [2.45, 2.75) is 38.3 Å². The number of para-hydroxylation sites is 1. The molecule has 5 heteroatoms. The third kappa shape index (κ3) is 5.12. The van der Waals surface area contributed by atoms with E-state index in [4.69, 9.17) is 0 Å². The fraction of sp³-hybridized carbons (Fsp3) is 0.333. The Hall–Kier alpha value is -2.92. The van der Waals surface area contributed by atoms with Crippen LogP contribution in [0.4, 0.5) is 0 Å². The largest absolute Gasteiger partial charge is 0.353 e. The van der Waals surface area contributed by atoms with E-state index in [9.17, 15) is 9.59 Å². The number of pyridine rings is 1. The zero-order valence-electron chi connectivity index (χ0n) is 16.6. The molecule has 0 bridgehead atoms. The minimum absolute atomic E-state index is 0.0269. The maximum atomic E-state index is 12.4. The Morgan fingerprint density at radius 1 is 1.03 bits per heavy atom. The van der Waals surface area contributed by atoms with E-state index in [-0.39, 0.29) is 17.5 Å². The lowest BCUT2D eigenvalue weighted by Gasteiger charge is -2.32. The van der Waals surface area contributed by atoms with Crippen molar-refractivity contribution in [3.05, 3.63) is 82.1 Å². The van der Waals surface area contributed by atoms with E-state index in [2.05, 4.69) is 39.5 Å². The second kappa shape index (κ2) is 9.05. The van der Waals surface area contributed by atoms with Crippen molar-refractivity contribution < 1.29 is 4.79 Å². The lowest BCUT2D eigenvalue weighted by atomic mass is 10.0. The quantitative estimate of drug-likeness (QED) is 0.680. The summed E-state index contributed by atoms with van der Waals surface area (Å²) in [6.45, 7) is 2.95. The van der Waals surface area contributed by atoms with Gasteiger partial charge in [-0.2, -0.15) is 0 Å². The van der Waals surface area contributed by atoms with E-state index in [1.54, 1.807) is 0 Å². The summed E-state index contributed by atoms with van der Waals surface area (Å²) in [5.41, 5.74) is 2.71. The highest BCUT2D eigenvalue weighted by atomic mass is 16.1. The van der Waals surface area contributed by atoms with Crippen LogP contribution in [0.2, 0.25) is 0 Å². The number of hydrogen-bond acceptors (Lipinski definition) is 3. The number of aromatic amines is 1. The van der Waals surface area contributed by atoms with Gasteiger partial charge in [0.25, 0.3) is 5.56 Å². The first-order chi connectivity index (χ1) is 14.2. The van der Waals surface area contributed by atoms with E-state index < -0.39 is 0 Å². The van der Waals surface area contributed by atoms with Crippen LogP contribution >= 0.6 is 0 Å². The van der Waals surface area contributed by atoms with Crippen LogP contribution < -0.4 is 10.9 Å². The van der Waals surface area contributed by atoms with E-state index in [1.165, 1.54) is 5.56 Å². The van der Waals surface area contributed by atoms with Gasteiger partial charge in [0.15, 0.2) is 0 Å². The van der Waals surface area contributed by atoms with Crippen LogP contribution in [-0.4, -0.2) is 34.9 Å². The van der Waals surface area contributed by atoms with Gasteiger partial charge in [-0.05, 0) is 42.3 Å². The molecule has 2 N–H and O–H groups in total. The predicted octanol–water partition coefficient (Wildman–Crippen LogP) is 3.24. The third-order valence-electron chi connectivity index (χ3n) is 5.65. The molecule has 1 aliphatic heterocycles. The SMILES string of the molecule is O=C(CCc1cc2ccccc2[nH]c1=O)NC1CCN(Cc2ccccc2)CC1. The zero-order valence-corrected chi connectivity index (χ0v) is 16.6. The molecule has 3 aromatic rings. The van der Waals surface area contributed by atoms with Crippen LogP contribution in [0, 0.1) is 0 Å². The monoisotopic (exact) mass is 389 g/mol. The molecule has 1 aliphatic rings. The number of likely N-dealkylation sites (tertiary alicyclic amines) is 1. The van der Waals surface area contributed by atoms with E-state index in [0.717, 1.165) is 43.4 Å². The Morgan fingerprint density at radius 3 is 2.55 bits per heavy atom. The molecule has 2 aromatic carbocycles. The van der Waals surface area contributed by atoms with Gasteiger partial charge in [0.05, 0.1) is 0 Å². The highest BCUT2D eigenvalue weighted by molar-refractivity contribution is 5.79. The molecule has 0 radical (unpaired) electrons. The van der Waals surface area contributed by atoms with Crippen LogP contribution in [-0.2, 0) is 17.8 Å². The van der Waals surface area contributed by atoms with Crippen LogP contribution in [0.1, 0.15) is 30.4 Å². The Balaban J connectivity index is 1.24. The minimum Gasteiger partial charge on any atom is -0.353 e. The van der Waals surface area contributed by atoms with Crippen LogP contribution in [0.5, 0.6) is 0 Å². The number of aryl methyl sites for hydroxylation is 1. The highest BCUT2D eigenvalue weighted by Gasteiger charge is 2.20. The van der Waals surface area contributed by atoms with Gasteiger partial charge in [-0.25, -0.2) is 0 Å². The first-order valence-corrected chi connectivity index (χ1v) is 10.3. The van der Waals surface area contributed by atoms with E-state index in [1.807, 2.05) is 36.4 Å². The molecule has 1 saturated heterocycles. The minimum atomic E-state index is -0.106. The number of aromatic nitrogens is 1. The first kappa shape index (κ1) is 19.4. The van der Waals surface area contributed by atoms with Gasteiger partial charge in [-0.1, -0.05) is 48.5 Å². The van der Waals surface area contributed by atoms with Gasteiger partial charge in [0, 0.05) is 43.2 Å². The fourth-order valence-corrected chi connectivity index (χ4v) is 4.00. The summed E-state index contributed by atoms with van der Waals surface area (Å²) in [4.78, 5) is 30.0. The molecule has 0 atom stereocenters. The van der Waals surface area contributed by atoms with Crippen LogP contribution in [0.15, 0.2) is 65.5 Å². The third-order valence-corrected chi connectivity index (χ3v) is 5.65. The molecular formula is C24H27N3O2. The molecule has 4 rings (SSSR count). The number of amides is 1. The van der Waals surface area contributed by atoms with Gasteiger partial charge in [-0.15, -0.1) is 0 Å². The number of nitrogens with zero attached hydrogens (tertiary/aromatic N) is 1. The number of rotatable bonds is 6. The molecule has 0 spiro atoms. The fourth-order valence-electron chi connectivity index (χ4n) is 4.00. The second-order valence-electron chi connectivity index (χ2n) is 7.81. The van der Waals surface area contributed by atoms with Crippen molar-refractivity contribution in [1.82, 2.24) is 15.2 Å². The summed E-state index contributed by atoms with van der Waals surface area (Å²) in [5, 5.41) is 4.15. The summed E-state index contributed by atoms with van der Waals surface area (Å²) in [7, 11) is 0. The average Bonchev–Trinajstić information content (AvgIpc) is 2.74. The molecule has 2 heterocycles. The average molecular weight is 389 g/mol. The van der Waals surface area contributed by atoms with Crippen molar-refractivity contribution >= 4 is 16.8 Å². The van der Waals surface area contributed by atoms with Gasteiger partial charge < -0.3 is 10.3 Å². The summed E-state index contributed by atoms with van der Waals surface area (Å²) in [6, 6.07) is 20.3. The highest BCUT2D eigenvalue weighted by Crippen LogP contribution is 2.15. The summed E-state index contributed by atoms with van der Waals surface area (Å²) < 4.78 is 0. The lowest BCUT2D eigenvalue weighted by molar-refractivity contribution is -0.122. The van der Waals surface area contributed by atoms with E-state index >= 15 is 0 Å². The zero-order chi connectivity index (χ0) is 20.1. The van der Waals surface area contributed by atoms with Gasteiger partial charge in [0.2, 0.25) is 5.91 Å². The maximum absolute atomic E-state index is 12.4. The molecule has 1 fully saturated rings. The normalized spacial score (nSPS) is 15.4. The number of carbonyl (C=O) groups excluding carboxylic acids is 1. The summed E-state index contributed by atoms with van der Waals surface area (Å²) >= 11 is 0. The molecule has 29 heavy (non-hydrogen) atoms. The number of H-pyrrole nitrogens is 1. The van der Waals surface area contributed by atoms with Crippen LogP contribution in [0.3, 0.4) is 0 Å². The molecular weight excluding hydrogens is 362 g/mol. The summed E-state index contributed by atoms with van der Waals surface area (Å²) in [6.07, 6.45) is 2.73. The smallest absolute Gasteiger partial charge is 0.251 e. The van der Waals surface area contributed by atoms with E-state index in [0.29, 0.717) is 18.4 Å². The van der Waals surface area contributed by atoms with Crippen molar-refractivity contribution in [2.24, 2.45) is 0 Å². The lowest BCUT2D eigenvalue weighted by Crippen LogP contribution is -2.44. The Bertz CT molecular complexity index is 1020. The number of hydrogen-bond donors (Lipinski definition) is 2. The van der Waals surface area contributed by atoms with Crippen LogP contribution in [0.25, 0.3) is 10.9 Å². The molecule has 1 amide bonds. The number of benzene rings is 2. The van der Waals surface area contributed by atoms with Crippen molar-refractivity contribution in [1.29, 1.82) is 0 Å². The molecule has 0 unspecified atom stereocenters. The predicted molar refractivity (Wildman–Crippen MR) is 116 cm³/mol. The summed E-state index contributed by atoms with van der Waals surface area (Å²) in [5.74, 6) is 0.0269. The molecule has 0 aliphatic carbocycles. The Labute approximate surface area is 170 Å². The van der Waals surface area contributed by atoms with Gasteiger partial charge in [0.1, 0.15) is 0 Å². The number of nitrogens with one attached hydrogen (secondary N) is 2. The molecule has 5 nitrogen and oxygen atoms in total. The topological polar surface area (TPSA) is 65.2 Å². The van der Waals surface area contributed by atoms with Crippen molar-refractivity contribution in [3.63, 3.8) is 0 Å². The van der Waals surface area contributed by atoms with Crippen molar-refractivity contribution in [3.8, 4) is 0 Å². The Kier molecular flexibility index (Phi) is 6.06. The molecule has 0 saturated carbocycles.